The highest BCUT2D eigenvalue weighted by atomic mass is 16.4. The number of hydrogen-bond acceptors (Lipinski definition) is 4. The Labute approximate surface area is 248 Å². The van der Waals surface area contributed by atoms with Gasteiger partial charge in [0.15, 0.2) is 0 Å². The molecule has 3 aromatic rings. The van der Waals surface area contributed by atoms with E-state index in [1.165, 1.54) is 16.0 Å². The van der Waals surface area contributed by atoms with Crippen molar-refractivity contribution in [1.82, 2.24) is 20.5 Å². The molecule has 0 bridgehead atoms. The molecule has 42 heavy (non-hydrogen) atoms. The molecule has 222 valence electrons. The summed E-state index contributed by atoms with van der Waals surface area (Å²) in [5.74, 6) is -0.717. The van der Waals surface area contributed by atoms with E-state index in [-0.39, 0.29) is 23.8 Å². The van der Waals surface area contributed by atoms with Crippen LogP contribution in [0.4, 0.5) is 4.79 Å². The molecule has 1 aliphatic heterocycles. The smallest absolute Gasteiger partial charge is 0.407 e. The van der Waals surface area contributed by atoms with Gasteiger partial charge in [-0.2, -0.15) is 0 Å². The van der Waals surface area contributed by atoms with Gasteiger partial charge in [0.2, 0.25) is 11.8 Å². The van der Waals surface area contributed by atoms with Crippen molar-refractivity contribution in [1.29, 1.82) is 0 Å². The third kappa shape index (κ3) is 10.0. The summed E-state index contributed by atoms with van der Waals surface area (Å²) in [4.78, 5) is 43.8. The number of aryl methyl sites for hydroxylation is 2. The van der Waals surface area contributed by atoms with Crippen molar-refractivity contribution in [3.63, 3.8) is 0 Å². The predicted molar refractivity (Wildman–Crippen MR) is 163 cm³/mol. The summed E-state index contributed by atoms with van der Waals surface area (Å²) in [6, 6.07) is 23.7. The van der Waals surface area contributed by atoms with E-state index in [1.807, 2.05) is 48.5 Å². The van der Waals surface area contributed by atoms with Gasteiger partial charge in [-0.3, -0.25) is 14.6 Å². The molecule has 3 N–H and O–H groups in total. The standard InChI is InChI=1S/C34H42N4O4/c39-32(29-19-22-38(23-20-29)34(41)42)37-31(24-28-16-9-21-35-25-28)33(40)36-30(17-7-14-26-10-3-1-4-11-26)18-8-15-27-12-5-2-6-13-27/h1-6,9-13,16,21,25,29-31H,7-8,14-15,17-20,22-24H2,(H,36,40)(H,37,39)(H,41,42)/t31-/m0/s1. The number of rotatable bonds is 14. The SMILES string of the molecule is O=C(N[C@@H](Cc1cccnc1)C(=O)NC(CCCc1ccccc1)CCCc1ccccc1)C1CCN(C(=O)O)CC1. The maximum absolute atomic E-state index is 13.8. The molecule has 1 aromatic heterocycles. The first kappa shape index (κ1) is 30.8. The lowest BCUT2D eigenvalue weighted by Gasteiger charge is -2.30. The van der Waals surface area contributed by atoms with E-state index in [9.17, 15) is 19.5 Å². The fourth-order valence-electron chi connectivity index (χ4n) is 5.57. The van der Waals surface area contributed by atoms with Gasteiger partial charge in [0.25, 0.3) is 0 Å². The van der Waals surface area contributed by atoms with Gasteiger partial charge in [-0.1, -0.05) is 66.7 Å². The Morgan fingerprint density at radius 1 is 0.810 bits per heavy atom. The van der Waals surface area contributed by atoms with Crippen LogP contribution >= 0.6 is 0 Å². The number of benzene rings is 2. The maximum Gasteiger partial charge on any atom is 0.407 e. The fraction of sp³-hybridized carbons (Fsp3) is 0.412. The van der Waals surface area contributed by atoms with E-state index in [2.05, 4.69) is 39.9 Å². The van der Waals surface area contributed by atoms with Crippen LogP contribution in [-0.2, 0) is 28.9 Å². The first-order valence-electron chi connectivity index (χ1n) is 15.0. The molecule has 2 aromatic carbocycles. The van der Waals surface area contributed by atoms with E-state index in [1.54, 1.807) is 12.4 Å². The lowest BCUT2D eigenvalue weighted by molar-refractivity contribution is -0.132. The molecule has 1 fully saturated rings. The summed E-state index contributed by atoms with van der Waals surface area (Å²) in [5, 5.41) is 15.5. The average Bonchev–Trinajstić information content (AvgIpc) is 3.02. The minimum Gasteiger partial charge on any atom is -0.465 e. The Bertz CT molecular complexity index is 1200. The Hall–Kier alpha value is -4.20. The van der Waals surface area contributed by atoms with Crippen LogP contribution in [-0.4, -0.2) is 58.1 Å². The van der Waals surface area contributed by atoms with Crippen molar-refractivity contribution in [3.05, 3.63) is 102 Å². The second-order valence-corrected chi connectivity index (χ2v) is 11.1. The molecule has 8 heteroatoms. The number of nitrogens with one attached hydrogen (secondary N) is 2. The molecule has 0 unspecified atom stereocenters. The quantitative estimate of drug-likeness (QED) is 0.252. The van der Waals surface area contributed by atoms with E-state index in [0.717, 1.165) is 44.1 Å². The topological polar surface area (TPSA) is 112 Å². The summed E-state index contributed by atoms with van der Waals surface area (Å²) < 4.78 is 0. The van der Waals surface area contributed by atoms with Gasteiger partial charge >= 0.3 is 6.09 Å². The van der Waals surface area contributed by atoms with Gasteiger partial charge in [0.05, 0.1) is 0 Å². The third-order valence-corrected chi connectivity index (χ3v) is 8.00. The first-order valence-corrected chi connectivity index (χ1v) is 15.0. The number of amides is 3. The van der Waals surface area contributed by atoms with Gasteiger partial charge in [0.1, 0.15) is 6.04 Å². The predicted octanol–water partition coefficient (Wildman–Crippen LogP) is 5.03. The van der Waals surface area contributed by atoms with Gasteiger partial charge in [-0.05, 0) is 74.1 Å². The number of carboxylic acid groups (broad SMARTS) is 1. The number of carbonyl (C=O) groups is 3. The van der Waals surface area contributed by atoms with Crippen molar-refractivity contribution in [2.45, 2.75) is 69.9 Å². The van der Waals surface area contributed by atoms with Crippen LogP contribution in [0.15, 0.2) is 85.2 Å². The van der Waals surface area contributed by atoms with Crippen LogP contribution in [0.2, 0.25) is 0 Å². The highest BCUT2D eigenvalue weighted by molar-refractivity contribution is 5.89. The average molecular weight is 571 g/mol. The summed E-state index contributed by atoms with van der Waals surface area (Å²) in [7, 11) is 0. The lowest BCUT2D eigenvalue weighted by atomic mass is 9.95. The van der Waals surface area contributed by atoms with E-state index in [4.69, 9.17) is 0 Å². The van der Waals surface area contributed by atoms with Crippen molar-refractivity contribution < 1.29 is 19.5 Å². The first-order chi connectivity index (χ1) is 20.5. The second kappa shape index (κ2) is 16.3. The molecule has 2 heterocycles. The largest absolute Gasteiger partial charge is 0.465 e. The number of carbonyl (C=O) groups excluding carboxylic acids is 2. The lowest BCUT2D eigenvalue weighted by Crippen LogP contribution is -2.53. The van der Waals surface area contributed by atoms with Crippen LogP contribution < -0.4 is 10.6 Å². The van der Waals surface area contributed by atoms with Crippen LogP contribution in [0, 0.1) is 5.92 Å². The minimum atomic E-state index is -0.965. The van der Waals surface area contributed by atoms with Crippen molar-refractivity contribution >= 4 is 17.9 Å². The molecular weight excluding hydrogens is 528 g/mol. The Morgan fingerprint density at radius 2 is 1.38 bits per heavy atom. The van der Waals surface area contributed by atoms with Crippen LogP contribution in [0.5, 0.6) is 0 Å². The van der Waals surface area contributed by atoms with E-state index in [0.29, 0.717) is 32.4 Å². The minimum absolute atomic E-state index is 0.0166. The summed E-state index contributed by atoms with van der Waals surface area (Å²) >= 11 is 0. The van der Waals surface area contributed by atoms with Crippen molar-refractivity contribution in [2.24, 2.45) is 5.92 Å². The number of pyridine rings is 1. The number of aromatic nitrogens is 1. The van der Waals surface area contributed by atoms with Crippen LogP contribution in [0.3, 0.4) is 0 Å². The molecule has 0 aliphatic carbocycles. The Kier molecular flexibility index (Phi) is 11.9. The molecular formula is C34H42N4O4. The zero-order valence-corrected chi connectivity index (χ0v) is 24.2. The summed E-state index contributed by atoms with van der Waals surface area (Å²) in [6.45, 7) is 0.635. The highest BCUT2D eigenvalue weighted by Crippen LogP contribution is 2.19. The zero-order valence-electron chi connectivity index (χ0n) is 24.2. The molecule has 0 spiro atoms. The number of nitrogens with zero attached hydrogens (tertiary/aromatic N) is 2. The van der Waals surface area contributed by atoms with Gasteiger partial charge < -0.3 is 20.6 Å². The van der Waals surface area contributed by atoms with Gasteiger partial charge in [-0.25, -0.2) is 4.79 Å². The van der Waals surface area contributed by atoms with Crippen LogP contribution in [0.25, 0.3) is 0 Å². The highest BCUT2D eigenvalue weighted by Gasteiger charge is 2.31. The molecule has 0 radical (unpaired) electrons. The summed E-state index contributed by atoms with van der Waals surface area (Å²) in [6.07, 6.45) is 9.12. The normalized spacial score (nSPS) is 14.4. The van der Waals surface area contributed by atoms with Gasteiger partial charge in [-0.15, -0.1) is 0 Å². The molecule has 0 saturated carbocycles. The molecule has 8 nitrogen and oxygen atoms in total. The van der Waals surface area contributed by atoms with E-state index < -0.39 is 12.1 Å². The number of likely N-dealkylation sites (tertiary alicyclic amines) is 1. The number of piperidine rings is 1. The van der Waals surface area contributed by atoms with Crippen molar-refractivity contribution in [3.8, 4) is 0 Å². The third-order valence-electron chi connectivity index (χ3n) is 8.00. The molecule has 4 rings (SSSR count). The fourth-order valence-corrected chi connectivity index (χ4v) is 5.57. The van der Waals surface area contributed by atoms with E-state index >= 15 is 0 Å². The Balaban J connectivity index is 1.40. The maximum atomic E-state index is 13.8. The number of hydrogen-bond donors (Lipinski definition) is 3. The zero-order chi connectivity index (χ0) is 29.6. The van der Waals surface area contributed by atoms with Crippen molar-refractivity contribution in [2.75, 3.05) is 13.1 Å². The monoisotopic (exact) mass is 570 g/mol. The summed E-state index contributed by atoms with van der Waals surface area (Å²) in [5.41, 5.74) is 3.42. The Morgan fingerprint density at radius 3 is 1.90 bits per heavy atom. The second-order valence-electron chi connectivity index (χ2n) is 11.1. The molecule has 1 aliphatic rings. The molecule has 1 atom stereocenters. The van der Waals surface area contributed by atoms with Crippen LogP contribution in [0.1, 0.15) is 55.2 Å². The van der Waals surface area contributed by atoms with Gasteiger partial charge in [0, 0.05) is 43.9 Å². The molecule has 3 amide bonds. The molecule has 1 saturated heterocycles.